The number of halogens is 1. The molecule has 0 saturated heterocycles. The molecule has 28 heavy (non-hydrogen) atoms. The molecule has 0 atom stereocenters. The van der Waals surface area contributed by atoms with Gasteiger partial charge in [0.15, 0.2) is 0 Å². The largest absolute Gasteiger partial charge is 0.497 e. The van der Waals surface area contributed by atoms with Crippen molar-refractivity contribution >= 4 is 20.7 Å². The molecule has 6 heteroatoms. The number of benzene rings is 3. The maximum absolute atomic E-state index is 14.0. The second-order valence-corrected chi connectivity index (χ2v) is 8.13. The third kappa shape index (κ3) is 3.12. The number of hydrogen-bond acceptors (Lipinski definition) is 4. The Kier molecular flexibility index (Phi) is 4.57. The summed E-state index contributed by atoms with van der Waals surface area (Å²) >= 11 is 0. The van der Waals surface area contributed by atoms with Crippen molar-refractivity contribution in [1.82, 2.24) is 4.98 Å². The number of fused-ring (bicyclic) bond motifs is 1. The smallest absolute Gasteiger partial charge is 0.208 e. The average molecular weight is 393 g/mol. The molecule has 0 fully saturated rings. The van der Waals surface area contributed by atoms with E-state index in [0.717, 1.165) is 0 Å². The molecule has 0 radical (unpaired) electrons. The number of pyridine rings is 1. The number of rotatable bonds is 4. The minimum absolute atomic E-state index is 0.0186. The van der Waals surface area contributed by atoms with Crippen molar-refractivity contribution in [2.75, 3.05) is 7.11 Å². The van der Waals surface area contributed by atoms with Crippen molar-refractivity contribution in [2.45, 2.75) is 9.79 Å². The van der Waals surface area contributed by atoms with Crippen LogP contribution in [0, 0.1) is 5.82 Å². The van der Waals surface area contributed by atoms with Crippen molar-refractivity contribution < 1.29 is 17.5 Å². The fourth-order valence-corrected chi connectivity index (χ4v) is 4.61. The Morgan fingerprint density at radius 3 is 2.46 bits per heavy atom. The minimum atomic E-state index is -3.87. The quantitative estimate of drug-likeness (QED) is 0.496. The highest BCUT2D eigenvalue weighted by molar-refractivity contribution is 7.91. The first-order chi connectivity index (χ1) is 13.5. The van der Waals surface area contributed by atoms with Crippen LogP contribution in [0.2, 0.25) is 0 Å². The Hall–Kier alpha value is -3.25. The molecule has 0 amide bonds. The summed E-state index contributed by atoms with van der Waals surface area (Å²) in [5.41, 5.74) is 1.50. The first-order valence-corrected chi connectivity index (χ1v) is 10.0. The molecule has 1 aromatic heterocycles. The van der Waals surface area contributed by atoms with E-state index >= 15 is 0 Å². The summed E-state index contributed by atoms with van der Waals surface area (Å²) in [5, 5.41) is 0.422. The number of ether oxygens (including phenoxy) is 1. The lowest BCUT2D eigenvalue weighted by Crippen LogP contribution is -2.05. The van der Waals surface area contributed by atoms with Crippen LogP contribution in [0.4, 0.5) is 4.39 Å². The van der Waals surface area contributed by atoms with Crippen LogP contribution in [0.5, 0.6) is 5.75 Å². The summed E-state index contributed by atoms with van der Waals surface area (Å²) in [6.45, 7) is 0. The Morgan fingerprint density at radius 1 is 0.929 bits per heavy atom. The zero-order valence-corrected chi connectivity index (χ0v) is 15.8. The number of hydrogen-bond donors (Lipinski definition) is 0. The molecule has 0 N–H and O–H groups in total. The van der Waals surface area contributed by atoms with Gasteiger partial charge < -0.3 is 4.74 Å². The van der Waals surface area contributed by atoms with E-state index in [4.69, 9.17) is 4.74 Å². The van der Waals surface area contributed by atoms with Crippen LogP contribution < -0.4 is 4.74 Å². The maximum Gasteiger partial charge on any atom is 0.208 e. The predicted molar refractivity (Wildman–Crippen MR) is 106 cm³/mol. The molecule has 0 aliphatic heterocycles. The van der Waals surface area contributed by atoms with Gasteiger partial charge in [-0.2, -0.15) is 0 Å². The second kappa shape index (κ2) is 7.05. The molecule has 0 saturated carbocycles. The van der Waals surface area contributed by atoms with Crippen molar-refractivity contribution in [1.29, 1.82) is 0 Å². The number of sulfone groups is 1. The number of methoxy groups -OCH3 is 1. The zero-order valence-electron chi connectivity index (χ0n) is 15.0. The van der Waals surface area contributed by atoms with Gasteiger partial charge in [-0.25, -0.2) is 12.8 Å². The highest BCUT2D eigenvalue weighted by Crippen LogP contribution is 2.37. The first-order valence-electron chi connectivity index (χ1n) is 8.53. The number of aromatic nitrogens is 1. The zero-order chi connectivity index (χ0) is 19.7. The van der Waals surface area contributed by atoms with Crippen molar-refractivity contribution in [2.24, 2.45) is 0 Å². The Balaban J connectivity index is 2.10. The average Bonchev–Trinajstić information content (AvgIpc) is 2.73. The molecule has 4 nitrogen and oxygen atoms in total. The summed E-state index contributed by atoms with van der Waals surface area (Å²) in [6, 6.07) is 19.3. The van der Waals surface area contributed by atoms with Gasteiger partial charge >= 0.3 is 0 Å². The fraction of sp³-hybridized carbons (Fsp3) is 0.0455. The molecular formula is C22H16FNO3S. The standard InChI is InChI=1S/C22H16FNO3S/c1-27-17-7-5-6-15(12-17)22-19-13-16(23)10-11-20(19)24-14-21(22)28(25,26)18-8-3-2-4-9-18/h2-14H,1H3. The molecule has 0 unspecified atom stereocenters. The van der Waals surface area contributed by atoms with Crippen LogP contribution in [-0.2, 0) is 9.84 Å². The van der Waals surface area contributed by atoms with Crippen LogP contribution in [0.1, 0.15) is 0 Å². The van der Waals surface area contributed by atoms with Crippen molar-refractivity contribution in [3.05, 3.63) is 84.8 Å². The molecule has 0 aliphatic carbocycles. The van der Waals surface area contributed by atoms with Gasteiger partial charge in [0.2, 0.25) is 9.84 Å². The number of nitrogens with zero attached hydrogens (tertiary/aromatic N) is 1. The van der Waals surface area contributed by atoms with E-state index in [-0.39, 0.29) is 9.79 Å². The molecule has 140 valence electrons. The van der Waals surface area contributed by atoms with Gasteiger partial charge in [-0.1, -0.05) is 30.3 Å². The summed E-state index contributed by atoms with van der Waals surface area (Å²) < 4.78 is 46.0. The van der Waals surface area contributed by atoms with Gasteiger partial charge in [-0.3, -0.25) is 4.98 Å². The van der Waals surface area contributed by atoms with Gasteiger partial charge in [0.25, 0.3) is 0 Å². The molecule has 4 aromatic rings. The molecule has 0 spiro atoms. The van der Waals surface area contributed by atoms with Crippen LogP contribution >= 0.6 is 0 Å². The highest BCUT2D eigenvalue weighted by Gasteiger charge is 2.25. The fourth-order valence-electron chi connectivity index (χ4n) is 3.15. The lowest BCUT2D eigenvalue weighted by atomic mass is 10.0. The third-order valence-electron chi connectivity index (χ3n) is 4.50. The molecule has 3 aromatic carbocycles. The molecule has 0 bridgehead atoms. The van der Waals surface area contributed by atoms with Crippen LogP contribution in [0.25, 0.3) is 22.0 Å². The SMILES string of the molecule is COc1cccc(-c2c(S(=O)(=O)c3ccccc3)cnc3ccc(F)cc23)c1. The normalized spacial score (nSPS) is 11.5. The summed E-state index contributed by atoms with van der Waals surface area (Å²) in [6.07, 6.45) is 1.33. The lowest BCUT2D eigenvalue weighted by molar-refractivity contribution is 0.415. The minimum Gasteiger partial charge on any atom is -0.497 e. The summed E-state index contributed by atoms with van der Waals surface area (Å²) in [4.78, 5) is 4.43. The monoisotopic (exact) mass is 393 g/mol. The summed E-state index contributed by atoms with van der Waals surface area (Å²) in [7, 11) is -2.33. The maximum atomic E-state index is 14.0. The van der Waals surface area contributed by atoms with Gasteiger partial charge in [0.1, 0.15) is 11.6 Å². The molecule has 4 rings (SSSR count). The molecule has 1 heterocycles. The van der Waals surface area contributed by atoms with Crippen molar-refractivity contribution in [3.63, 3.8) is 0 Å². The van der Waals surface area contributed by atoms with Gasteiger partial charge in [-0.15, -0.1) is 0 Å². The van der Waals surface area contributed by atoms with Crippen LogP contribution in [0.3, 0.4) is 0 Å². The van der Waals surface area contributed by atoms with Crippen LogP contribution in [0.15, 0.2) is 88.8 Å². The summed E-state index contributed by atoms with van der Waals surface area (Å²) in [5.74, 6) is 0.106. The van der Waals surface area contributed by atoms with E-state index < -0.39 is 15.7 Å². The highest BCUT2D eigenvalue weighted by atomic mass is 32.2. The Morgan fingerprint density at radius 2 is 1.71 bits per heavy atom. The topological polar surface area (TPSA) is 56.3 Å². The predicted octanol–water partition coefficient (Wildman–Crippen LogP) is 4.88. The third-order valence-corrected chi connectivity index (χ3v) is 6.28. The van der Waals surface area contributed by atoms with Gasteiger partial charge in [0, 0.05) is 17.1 Å². The van der Waals surface area contributed by atoms with E-state index in [2.05, 4.69) is 4.98 Å². The molecular weight excluding hydrogens is 377 g/mol. The Labute approximate surface area is 162 Å². The van der Waals surface area contributed by atoms with Crippen LogP contribution in [-0.4, -0.2) is 20.5 Å². The van der Waals surface area contributed by atoms with Crippen molar-refractivity contribution in [3.8, 4) is 16.9 Å². The second-order valence-electron chi connectivity index (χ2n) is 6.21. The lowest BCUT2D eigenvalue weighted by Gasteiger charge is -2.14. The van der Waals surface area contributed by atoms with E-state index in [9.17, 15) is 12.8 Å². The van der Waals surface area contributed by atoms with Gasteiger partial charge in [0.05, 0.1) is 22.4 Å². The van der Waals surface area contributed by atoms with Gasteiger partial charge in [-0.05, 0) is 48.0 Å². The first kappa shape index (κ1) is 18.1. The van der Waals surface area contributed by atoms with E-state index in [1.54, 1.807) is 42.5 Å². The Bertz CT molecular complexity index is 1270. The molecule has 0 aliphatic rings. The van der Waals surface area contributed by atoms with E-state index in [1.165, 1.54) is 43.6 Å². The van der Waals surface area contributed by atoms with E-state index in [0.29, 0.717) is 27.8 Å². The van der Waals surface area contributed by atoms with E-state index in [1.807, 2.05) is 0 Å².